The number of ether oxygens (including phenoxy) is 2. The number of nitrogens with one attached hydrogen (secondary N) is 1. The molecule has 1 amide bonds. The second-order valence-corrected chi connectivity index (χ2v) is 5.81. The van der Waals surface area contributed by atoms with E-state index in [1.807, 2.05) is 12.2 Å². The SMILES string of the molecule is CCOc1ccc(/C=C(\C#N)C(=O)O[C@@H](C)C(=O)Nc2c(F)cccc2F)cc1. The summed E-state index contributed by atoms with van der Waals surface area (Å²) in [6, 6.07) is 11.4. The summed E-state index contributed by atoms with van der Waals surface area (Å²) in [5.41, 5.74) is -0.441. The van der Waals surface area contributed by atoms with Crippen LogP contribution in [0.1, 0.15) is 19.4 Å². The van der Waals surface area contributed by atoms with E-state index in [0.717, 1.165) is 18.2 Å². The first-order chi connectivity index (χ1) is 13.8. The lowest BCUT2D eigenvalue weighted by atomic mass is 10.1. The lowest BCUT2D eigenvalue weighted by Gasteiger charge is -2.14. The lowest BCUT2D eigenvalue weighted by Crippen LogP contribution is -2.31. The van der Waals surface area contributed by atoms with Gasteiger partial charge in [0.2, 0.25) is 0 Å². The smallest absolute Gasteiger partial charge is 0.349 e. The predicted octanol–water partition coefficient (Wildman–Crippen LogP) is 3.84. The van der Waals surface area contributed by atoms with Crippen molar-refractivity contribution in [3.8, 4) is 11.8 Å². The summed E-state index contributed by atoms with van der Waals surface area (Å²) in [6.45, 7) is 3.56. The van der Waals surface area contributed by atoms with E-state index in [-0.39, 0.29) is 5.57 Å². The van der Waals surface area contributed by atoms with Gasteiger partial charge >= 0.3 is 5.97 Å². The van der Waals surface area contributed by atoms with Crippen molar-refractivity contribution < 1.29 is 27.8 Å². The Bertz CT molecular complexity index is 945. The molecule has 0 saturated carbocycles. The number of hydrogen-bond donors (Lipinski definition) is 1. The maximum absolute atomic E-state index is 13.6. The summed E-state index contributed by atoms with van der Waals surface area (Å²) in [7, 11) is 0. The van der Waals surface area contributed by atoms with E-state index >= 15 is 0 Å². The van der Waals surface area contributed by atoms with Crippen molar-refractivity contribution in [1.29, 1.82) is 5.26 Å². The molecule has 0 aliphatic heterocycles. The Hall–Kier alpha value is -3.73. The highest BCUT2D eigenvalue weighted by Gasteiger charge is 2.22. The Morgan fingerprint density at radius 3 is 2.34 bits per heavy atom. The van der Waals surface area contributed by atoms with Gasteiger partial charge in [-0.05, 0) is 49.8 Å². The minimum Gasteiger partial charge on any atom is -0.494 e. The van der Waals surface area contributed by atoms with Crippen LogP contribution in [0.25, 0.3) is 6.08 Å². The first kappa shape index (κ1) is 21.6. The fourth-order valence-corrected chi connectivity index (χ4v) is 2.25. The Morgan fingerprint density at radius 2 is 1.79 bits per heavy atom. The number of hydrogen-bond acceptors (Lipinski definition) is 5. The van der Waals surface area contributed by atoms with Crippen LogP contribution in [0.5, 0.6) is 5.75 Å². The Balaban J connectivity index is 2.06. The molecular weight excluding hydrogens is 382 g/mol. The summed E-state index contributed by atoms with van der Waals surface area (Å²) in [5, 5.41) is 11.2. The van der Waals surface area contributed by atoms with Gasteiger partial charge in [-0.3, -0.25) is 4.79 Å². The van der Waals surface area contributed by atoms with Gasteiger partial charge in [0.05, 0.1) is 6.61 Å². The van der Waals surface area contributed by atoms with Crippen LogP contribution >= 0.6 is 0 Å². The molecule has 0 radical (unpaired) electrons. The van der Waals surface area contributed by atoms with Gasteiger partial charge in [-0.1, -0.05) is 18.2 Å². The van der Waals surface area contributed by atoms with E-state index in [2.05, 4.69) is 0 Å². The number of halogens is 2. The fraction of sp³-hybridized carbons (Fsp3) is 0.190. The van der Waals surface area contributed by atoms with Crippen LogP contribution < -0.4 is 10.1 Å². The van der Waals surface area contributed by atoms with Crippen molar-refractivity contribution in [2.45, 2.75) is 20.0 Å². The molecule has 1 atom stereocenters. The third-order valence-electron chi connectivity index (χ3n) is 3.71. The van der Waals surface area contributed by atoms with Crippen molar-refractivity contribution in [3.05, 3.63) is 65.2 Å². The van der Waals surface area contributed by atoms with Crippen LogP contribution in [0.15, 0.2) is 48.0 Å². The highest BCUT2D eigenvalue weighted by molar-refractivity contribution is 6.01. The number of nitriles is 1. The number of nitrogens with zero attached hydrogens (tertiary/aromatic N) is 1. The third-order valence-corrected chi connectivity index (χ3v) is 3.71. The summed E-state index contributed by atoms with van der Waals surface area (Å²) in [6.07, 6.45) is -0.0993. The molecule has 0 saturated heterocycles. The molecule has 0 aliphatic carbocycles. The molecule has 0 aromatic heterocycles. The number of esters is 1. The third kappa shape index (κ3) is 5.87. The van der Waals surface area contributed by atoms with E-state index in [1.54, 1.807) is 30.3 Å². The molecule has 8 heteroatoms. The number of rotatable bonds is 7. The second-order valence-electron chi connectivity index (χ2n) is 5.81. The molecule has 2 aromatic carbocycles. The summed E-state index contributed by atoms with van der Waals surface area (Å²) in [4.78, 5) is 24.3. The van der Waals surface area contributed by atoms with Crippen LogP contribution in [0.2, 0.25) is 0 Å². The maximum Gasteiger partial charge on any atom is 0.349 e. The first-order valence-corrected chi connectivity index (χ1v) is 8.66. The average Bonchev–Trinajstić information content (AvgIpc) is 2.70. The van der Waals surface area contributed by atoms with Crippen molar-refractivity contribution >= 4 is 23.6 Å². The number of carbonyl (C=O) groups is 2. The van der Waals surface area contributed by atoms with Crippen molar-refractivity contribution in [2.75, 3.05) is 11.9 Å². The normalized spacial score (nSPS) is 11.9. The van der Waals surface area contributed by atoms with Crippen molar-refractivity contribution in [2.24, 2.45) is 0 Å². The number of anilines is 1. The molecule has 0 aliphatic rings. The van der Waals surface area contributed by atoms with Gasteiger partial charge in [-0.25, -0.2) is 13.6 Å². The number of amides is 1. The van der Waals surface area contributed by atoms with Gasteiger partial charge in [-0.2, -0.15) is 5.26 Å². The highest BCUT2D eigenvalue weighted by Crippen LogP contribution is 2.19. The molecular formula is C21H18F2N2O4. The standard InChI is InChI=1S/C21H18F2N2O4/c1-3-28-16-9-7-14(8-10-16)11-15(12-24)21(27)29-13(2)20(26)25-19-17(22)5-4-6-18(19)23/h4-11,13H,3H2,1-2H3,(H,25,26)/b15-11+/t13-/m0/s1. The monoisotopic (exact) mass is 400 g/mol. The van der Waals surface area contributed by atoms with Crippen LogP contribution in [0, 0.1) is 23.0 Å². The predicted molar refractivity (Wildman–Crippen MR) is 102 cm³/mol. The summed E-state index contributed by atoms with van der Waals surface area (Å²) >= 11 is 0. The highest BCUT2D eigenvalue weighted by atomic mass is 19.1. The topological polar surface area (TPSA) is 88.4 Å². The van der Waals surface area contributed by atoms with E-state index in [9.17, 15) is 23.6 Å². The fourth-order valence-electron chi connectivity index (χ4n) is 2.25. The number of carbonyl (C=O) groups excluding carboxylic acids is 2. The number of para-hydroxylation sites is 1. The minimum atomic E-state index is -1.39. The number of benzene rings is 2. The molecule has 150 valence electrons. The Kier molecular flexibility index (Phi) is 7.43. The largest absolute Gasteiger partial charge is 0.494 e. The minimum absolute atomic E-state index is 0.342. The first-order valence-electron chi connectivity index (χ1n) is 8.66. The van der Waals surface area contributed by atoms with E-state index in [4.69, 9.17) is 9.47 Å². The summed E-state index contributed by atoms with van der Waals surface area (Å²) < 4.78 is 37.5. The van der Waals surface area contributed by atoms with E-state index < -0.39 is 35.3 Å². The van der Waals surface area contributed by atoms with Crippen LogP contribution in [0.4, 0.5) is 14.5 Å². The van der Waals surface area contributed by atoms with Crippen molar-refractivity contribution in [3.63, 3.8) is 0 Å². The molecule has 29 heavy (non-hydrogen) atoms. The van der Waals surface area contributed by atoms with Gasteiger partial charge in [0.15, 0.2) is 6.10 Å². The zero-order chi connectivity index (χ0) is 21.4. The van der Waals surface area contributed by atoms with Crippen LogP contribution in [-0.2, 0) is 14.3 Å². The van der Waals surface area contributed by atoms with Crippen LogP contribution in [-0.4, -0.2) is 24.6 Å². The molecule has 1 N–H and O–H groups in total. The molecule has 0 unspecified atom stereocenters. The van der Waals surface area contributed by atoms with E-state index in [1.165, 1.54) is 13.0 Å². The quantitative estimate of drug-likeness (QED) is 0.433. The van der Waals surface area contributed by atoms with Gasteiger partial charge in [0.25, 0.3) is 5.91 Å². The zero-order valence-corrected chi connectivity index (χ0v) is 15.7. The Morgan fingerprint density at radius 1 is 1.17 bits per heavy atom. The van der Waals surface area contributed by atoms with E-state index in [0.29, 0.717) is 17.9 Å². The zero-order valence-electron chi connectivity index (χ0n) is 15.7. The molecule has 2 aromatic rings. The molecule has 0 heterocycles. The van der Waals surface area contributed by atoms with Gasteiger partial charge in [0, 0.05) is 0 Å². The lowest BCUT2D eigenvalue weighted by molar-refractivity contribution is -0.148. The Labute approximate surface area is 166 Å². The van der Waals surface area contributed by atoms with Crippen LogP contribution in [0.3, 0.4) is 0 Å². The van der Waals surface area contributed by atoms with Gasteiger partial charge < -0.3 is 14.8 Å². The molecule has 0 bridgehead atoms. The molecule has 0 spiro atoms. The van der Waals surface area contributed by atoms with Crippen molar-refractivity contribution in [1.82, 2.24) is 0 Å². The second kappa shape index (κ2) is 9.99. The van der Waals surface area contributed by atoms with Gasteiger partial charge in [-0.15, -0.1) is 0 Å². The summed E-state index contributed by atoms with van der Waals surface area (Å²) in [5.74, 6) is -3.29. The molecule has 6 nitrogen and oxygen atoms in total. The molecule has 0 fully saturated rings. The average molecular weight is 400 g/mol. The maximum atomic E-state index is 13.6. The molecule has 2 rings (SSSR count). The van der Waals surface area contributed by atoms with Gasteiger partial charge in [0.1, 0.15) is 34.7 Å².